The third-order valence-corrected chi connectivity index (χ3v) is 2.69. The van der Waals surface area contributed by atoms with Gasteiger partial charge in [0.1, 0.15) is 5.82 Å². The number of halogens is 3. The van der Waals surface area contributed by atoms with E-state index in [2.05, 4.69) is 5.32 Å². The maximum atomic E-state index is 13.5. The van der Waals surface area contributed by atoms with Crippen molar-refractivity contribution < 1.29 is 18.7 Å². The minimum absolute atomic E-state index is 0.125. The molecule has 0 heterocycles. The van der Waals surface area contributed by atoms with Crippen LogP contribution in [0.5, 0.6) is 0 Å². The van der Waals surface area contributed by atoms with Gasteiger partial charge in [0.05, 0.1) is 17.3 Å². The van der Waals surface area contributed by atoms with Crippen molar-refractivity contribution >= 4 is 23.3 Å². The predicted octanol–water partition coefficient (Wildman–Crippen LogP) is 2.85. The van der Waals surface area contributed by atoms with Gasteiger partial charge in [0.25, 0.3) is 0 Å². The molecule has 0 radical (unpaired) electrons. The van der Waals surface area contributed by atoms with Gasteiger partial charge < -0.3 is 15.3 Å². The summed E-state index contributed by atoms with van der Waals surface area (Å²) < 4.78 is 26.4. The summed E-state index contributed by atoms with van der Waals surface area (Å²) in [5.74, 6) is -1.76. The van der Waals surface area contributed by atoms with E-state index in [4.69, 9.17) is 16.7 Å². The number of carbonyl (C=O) groups is 1. The lowest BCUT2D eigenvalue weighted by molar-refractivity contribution is 0.188. The SMILES string of the molecule is CCCN(CCO)C(=O)Nc1c(F)cc(F)cc1Cl. The van der Waals surface area contributed by atoms with Crippen molar-refractivity contribution in [2.45, 2.75) is 13.3 Å². The zero-order valence-electron chi connectivity index (χ0n) is 10.4. The lowest BCUT2D eigenvalue weighted by Gasteiger charge is -2.22. The lowest BCUT2D eigenvalue weighted by atomic mass is 10.3. The molecule has 0 aliphatic heterocycles. The number of rotatable bonds is 5. The molecule has 19 heavy (non-hydrogen) atoms. The Morgan fingerprint density at radius 1 is 1.42 bits per heavy atom. The Kier molecular flexibility index (Phi) is 5.98. The lowest BCUT2D eigenvalue weighted by Crippen LogP contribution is -2.37. The molecule has 0 aliphatic rings. The molecule has 106 valence electrons. The van der Waals surface area contributed by atoms with E-state index >= 15 is 0 Å². The van der Waals surface area contributed by atoms with Crippen LogP contribution in [0.4, 0.5) is 19.3 Å². The average Bonchev–Trinajstić information content (AvgIpc) is 2.33. The number of aliphatic hydroxyl groups is 1. The first kappa shape index (κ1) is 15.7. The molecule has 2 N–H and O–H groups in total. The number of aliphatic hydroxyl groups excluding tert-OH is 1. The number of nitrogens with one attached hydrogen (secondary N) is 1. The van der Waals surface area contributed by atoms with Crippen LogP contribution in [-0.4, -0.2) is 35.7 Å². The number of amides is 2. The highest BCUT2D eigenvalue weighted by Crippen LogP contribution is 2.26. The van der Waals surface area contributed by atoms with Crippen LogP contribution in [0.3, 0.4) is 0 Å². The molecule has 0 fully saturated rings. The van der Waals surface area contributed by atoms with Gasteiger partial charge in [0, 0.05) is 19.2 Å². The van der Waals surface area contributed by atoms with Crippen molar-refractivity contribution in [3.05, 3.63) is 28.8 Å². The van der Waals surface area contributed by atoms with Crippen LogP contribution in [0, 0.1) is 11.6 Å². The quantitative estimate of drug-likeness (QED) is 0.877. The second-order valence-corrected chi connectivity index (χ2v) is 4.29. The van der Waals surface area contributed by atoms with Crippen LogP contribution in [0.15, 0.2) is 12.1 Å². The Morgan fingerprint density at radius 2 is 2.11 bits per heavy atom. The van der Waals surface area contributed by atoms with E-state index in [1.807, 2.05) is 6.92 Å². The predicted molar refractivity (Wildman–Crippen MR) is 69.3 cm³/mol. The molecular formula is C12H15ClF2N2O2. The fraction of sp³-hybridized carbons (Fsp3) is 0.417. The molecule has 7 heteroatoms. The summed E-state index contributed by atoms with van der Waals surface area (Å²) in [4.78, 5) is 13.2. The average molecular weight is 293 g/mol. The molecule has 0 spiro atoms. The monoisotopic (exact) mass is 292 g/mol. The molecule has 4 nitrogen and oxygen atoms in total. The number of hydrogen-bond donors (Lipinski definition) is 2. The van der Waals surface area contributed by atoms with Gasteiger partial charge in [-0.05, 0) is 12.5 Å². The zero-order valence-corrected chi connectivity index (χ0v) is 11.2. The Balaban J connectivity index is 2.86. The van der Waals surface area contributed by atoms with Crippen molar-refractivity contribution in [2.24, 2.45) is 0 Å². The molecule has 0 saturated heterocycles. The van der Waals surface area contributed by atoms with E-state index in [1.165, 1.54) is 4.90 Å². The standard InChI is InChI=1S/C12H15ClF2N2O2/c1-2-3-17(4-5-18)12(19)16-11-9(13)6-8(14)7-10(11)15/h6-7,18H,2-5H2,1H3,(H,16,19). The molecule has 0 bridgehead atoms. The minimum Gasteiger partial charge on any atom is -0.395 e. The maximum Gasteiger partial charge on any atom is 0.322 e. The van der Waals surface area contributed by atoms with Gasteiger partial charge in [0.15, 0.2) is 5.82 Å². The highest BCUT2D eigenvalue weighted by molar-refractivity contribution is 6.33. The van der Waals surface area contributed by atoms with Crippen LogP contribution in [0.1, 0.15) is 13.3 Å². The normalized spacial score (nSPS) is 10.4. The number of hydrogen-bond acceptors (Lipinski definition) is 2. The van der Waals surface area contributed by atoms with Gasteiger partial charge in [-0.2, -0.15) is 0 Å². The van der Waals surface area contributed by atoms with Gasteiger partial charge in [-0.1, -0.05) is 18.5 Å². The molecule has 1 aromatic rings. The molecule has 1 rings (SSSR count). The third kappa shape index (κ3) is 4.33. The van der Waals surface area contributed by atoms with E-state index in [9.17, 15) is 13.6 Å². The Labute approximate surface area is 115 Å². The largest absolute Gasteiger partial charge is 0.395 e. The van der Waals surface area contributed by atoms with Crippen molar-refractivity contribution in [3.63, 3.8) is 0 Å². The van der Waals surface area contributed by atoms with Gasteiger partial charge in [-0.25, -0.2) is 13.6 Å². The zero-order chi connectivity index (χ0) is 14.4. The molecule has 0 aromatic heterocycles. The van der Waals surface area contributed by atoms with Crippen molar-refractivity contribution in [3.8, 4) is 0 Å². The second kappa shape index (κ2) is 7.25. The van der Waals surface area contributed by atoms with Crippen LogP contribution in [0.2, 0.25) is 5.02 Å². The topological polar surface area (TPSA) is 52.6 Å². The van der Waals surface area contributed by atoms with Crippen LogP contribution < -0.4 is 5.32 Å². The Bertz CT molecular complexity index is 428. The molecule has 0 unspecified atom stereocenters. The van der Waals surface area contributed by atoms with Gasteiger partial charge in [0.2, 0.25) is 0 Å². The molecule has 0 saturated carbocycles. The van der Waals surface area contributed by atoms with E-state index in [-0.39, 0.29) is 23.9 Å². The fourth-order valence-electron chi connectivity index (χ4n) is 1.55. The van der Waals surface area contributed by atoms with E-state index in [0.717, 1.165) is 6.07 Å². The van der Waals surface area contributed by atoms with Crippen LogP contribution in [0.25, 0.3) is 0 Å². The van der Waals surface area contributed by atoms with E-state index in [1.54, 1.807) is 0 Å². The molecule has 0 atom stereocenters. The summed E-state index contributed by atoms with van der Waals surface area (Å²) in [6.45, 7) is 2.20. The summed E-state index contributed by atoms with van der Waals surface area (Å²) in [5.41, 5.74) is -0.271. The van der Waals surface area contributed by atoms with Gasteiger partial charge in [-0.3, -0.25) is 0 Å². The molecule has 0 aliphatic carbocycles. The summed E-state index contributed by atoms with van der Waals surface area (Å²) in [5, 5.41) is 10.9. The summed E-state index contributed by atoms with van der Waals surface area (Å²) in [6.07, 6.45) is 0.688. The molecular weight excluding hydrogens is 278 g/mol. The Morgan fingerprint density at radius 3 is 2.63 bits per heavy atom. The highest BCUT2D eigenvalue weighted by Gasteiger charge is 2.17. The first-order chi connectivity index (χ1) is 8.99. The van der Waals surface area contributed by atoms with Gasteiger partial charge >= 0.3 is 6.03 Å². The van der Waals surface area contributed by atoms with Crippen molar-refractivity contribution in [1.82, 2.24) is 4.90 Å². The maximum absolute atomic E-state index is 13.5. The first-order valence-corrected chi connectivity index (χ1v) is 6.18. The number of urea groups is 1. The number of nitrogens with zero attached hydrogens (tertiary/aromatic N) is 1. The summed E-state index contributed by atoms with van der Waals surface area (Å²) in [7, 11) is 0. The summed E-state index contributed by atoms with van der Waals surface area (Å²) in [6, 6.07) is 0.956. The smallest absolute Gasteiger partial charge is 0.322 e. The summed E-state index contributed by atoms with van der Waals surface area (Å²) >= 11 is 5.68. The minimum atomic E-state index is -0.946. The molecule has 1 aromatic carbocycles. The molecule has 2 amide bonds. The van der Waals surface area contributed by atoms with Crippen molar-refractivity contribution in [1.29, 1.82) is 0 Å². The van der Waals surface area contributed by atoms with E-state index < -0.39 is 17.7 Å². The first-order valence-electron chi connectivity index (χ1n) is 5.81. The van der Waals surface area contributed by atoms with Crippen LogP contribution in [-0.2, 0) is 0 Å². The van der Waals surface area contributed by atoms with Crippen molar-refractivity contribution in [2.75, 3.05) is 25.0 Å². The van der Waals surface area contributed by atoms with Gasteiger partial charge in [-0.15, -0.1) is 0 Å². The number of benzene rings is 1. The van der Waals surface area contributed by atoms with Crippen LogP contribution >= 0.6 is 11.6 Å². The Hall–Kier alpha value is -1.40. The highest BCUT2D eigenvalue weighted by atomic mass is 35.5. The number of carbonyl (C=O) groups excluding carboxylic acids is 1. The number of anilines is 1. The third-order valence-electron chi connectivity index (χ3n) is 2.39. The second-order valence-electron chi connectivity index (χ2n) is 3.89. The fourth-order valence-corrected chi connectivity index (χ4v) is 1.79. The van der Waals surface area contributed by atoms with E-state index in [0.29, 0.717) is 19.0 Å².